The zero-order valence-corrected chi connectivity index (χ0v) is 28.2. The van der Waals surface area contributed by atoms with Crippen LogP contribution in [-0.2, 0) is 0 Å². The molecule has 5 aromatic carbocycles. The fourth-order valence-corrected chi connectivity index (χ4v) is 9.23. The summed E-state index contributed by atoms with van der Waals surface area (Å²) in [5.74, 6) is 1.28. The zero-order chi connectivity index (χ0) is 33.0. The molecule has 4 atom stereocenters. The lowest BCUT2D eigenvalue weighted by Crippen LogP contribution is -2.52. The van der Waals surface area contributed by atoms with Crippen molar-refractivity contribution in [3.63, 3.8) is 0 Å². The monoisotopic (exact) mass is 665 g/mol. The summed E-state index contributed by atoms with van der Waals surface area (Å²) >= 11 is 1.96. The number of nitrogens with one attached hydrogen (secondary N) is 2. The highest BCUT2D eigenvalue weighted by Gasteiger charge is 2.35. The average Bonchev–Trinajstić information content (AvgIpc) is 3.76. The van der Waals surface area contributed by atoms with Gasteiger partial charge in [0.15, 0.2) is 0 Å². The van der Waals surface area contributed by atoms with Gasteiger partial charge in [0.2, 0.25) is 0 Å². The van der Waals surface area contributed by atoms with Crippen LogP contribution in [-0.4, -0.2) is 17.3 Å². The summed E-state index contributed by atoms with van der Waals surface area (Å²) in [6, 6.07) is 41.1. The predicted molar refractivity (Wildman–Crippen MR) is 207 cm³/mol. The molecule has 1 aromatic heterocycles. The highest BCUT2D eigenvalue weighted by Crippen LogP contribution is 2.49. The second kappa shape index (κ2) is 12.2. The molecule has 0 spiro atoms. The quantitative estimate of drug-likeness (QED) is 0.192. The van der Waals surface area contributed by atoms with Gasteiger partial charge in [0.1, 0.15) is 29.3 Å². The predicted octanol–water partition coefficient (Wildman–Crippen LogP) is 10.7. The van der Waals surface area contributed by atoms with E-state index in [0.29, 0.717) is 11.2 Å². The van der Waals surface area contributed by atoms with Crippen LogP contribution in [0.4, 0.5) is 0 Å². The number of fused-ring (bicyclic) bond motifs is 6. The molecular formula is C45H35N3OS. The van der Waals surface area contributed by atoms with E-state index < -0.39 is 0 Å². The van der Waals surface area contributed by atoms with Gasteiger partial charge in [-0.05, 0) is 70.0 Å². The Morgan fingerprint density at radius 1 is 0.740 bits per heavy atom. The highest BCUT2D eigenvalue weighted by molar-refractivity contribution is 8.00. The first-order valence-electron chi connectivity index (χ1n) is 17.5. The van der Waals surface area contributed by atoms with Crippen LogP contribution < -0.4 is 10.6 Å². The van der Waals surface area contributed by atoms with E-state index in [2.05, 4.69) is 162 Å². The van der Waals surface area contributed by atoms with E-state index in [1.54, 1.807) is 0 Å². The van der Waals surface area contributed by atoms with Gasteiger partial charge in [-0.1, -0.05) is 134 Å². The summed E-state index contributed by atoms with van der Waals surface area (Å²) in [5, 5.41) is 10.3. The van der Waals surface area contributed by atoms with Crippen molar-refractivity contribution >= 4 is 45.1 Å². The number of allylic oxidation sites excluding steroid dienone is 5. The fraction of sp³-hybridized carbons (Fsp3) is 0.133. The summed E-state index contributed by atoms with van der Waals surface area (Å²) in [6.45, 7) is 0. The third-order valence-electron chi connectivity index (χ3n) is 10.4. The van der Waals surface area contributed by atoms with Gasteiger partial charge >= 0.3 is 0 Å². The number of furan rings is 1. The molecule has 0 saturated carbocycles. The van der Waals surface area contributed by atoms with E-state index >= 15 is 0 Å². The van der Waals surface area contributed by atoms with Crippen molar-refractivity contribution in [1.82, 2.24) is 10.6 Å². The van der Waals surface area contributed by atoms with Crippen LogP contribution >= 0.6 is 11.8 Å². The van der Waals surface area contributed by atoms with Crippen molar-refractivity contribution in [3.05, 3.63) is 180 Å². The topological polar surface area (TPSA) is 49.6 Å². The lowest BCUT2D eigenvalue weighted by molar-refractivity contribution is 0.440. The van der Waals surface area contributed by atoms with E-state index in [-0.39, 0.29) is 12.3 Å². The maximum atomic E-state index is 6.52. The van der Waals surface area contributed by atoms with Gasteiger partial charge in [-0.15, -0.1) is 11.8 Å². The number of benzene rings is 5. The van der Waals surface area contributed by atoms with E-state index in [9.17, 15) is 0 Å². The lowest BCUT2D eigenvalue weighted by Gasteiger charge is -2.34. The SMILES string of the molecule is C1=CC(c2ccc(C3=NC(c4ccc5c(c4)oc4cccc(-c6ccccc6)c45)NC(C4=CC5Sc6ccccc6C5C=C4)N3)cc2)=CCC1. The number of thioether (sulfide) groups is 1. The molecule has 0 bridgehead atoms. The molecule has 50 heavy (non-hydrogen) atoms. The Morgan fingerprint density at radius 2 is 1.60 bits per heavy atom. The van der Waals surface area contributed by atoms with Gasteiger partial charge in [0.25, 0.3) is 0 Å². The van der Waals surface area contributed by atoms with Crippen molar-refractivity contribution in [2.45, 2.75) is 41.2 Å². The van der Waals surface area contributed by atoms with Gasteiger partial charge in [0, 0.05) is 32.4 Å². The van der Waals surface area contributed by atoms with Crippen molar-refractivity contribution in [2.24, 2.45) is 4.99 Å². The molecule has 242 valence electrons. The molecule has 4 unspecified atom stereocenters. The van der Waals surface area contributed by atoms with Gasteiger partial charge in [-0.2, -0.15) is 0 Å². The smallest absolute Gasteiger partial charge is 0.136 e. The Balaban J connectivity index is 1.03. The maximum Gasteiger partial charge on any atom is 0.136 e. The molecule has 2 N–H and O–H groups in total. The van der Waals surface area contributed by atoms with E-state index in [4.69, 9.17) is 9.41 Å². The van der Waals surface area contributed by atoms with E-state index in [1.807, 2.05) is 11.8 Å². The Kier molecular flexibility index (Phi) is 7.21. The largest absolute Gasteiger partial charge is 0.456 e. The number of hydrogen-bond acceptors (Lipinski definition) is 5. The Morgan fingerprint density at radius 3 is 2.48 bits per heavy atom. The average molecular weight is 666 g/mol. The minimum Gasteiger partial charge on any atom is -0.456 e. The van der Waals surface area contributed by atoms with Crippen LogP contribution in [0, 0.1) is 0 Å². The fourth-order valence-electron chi connectivity index (χ4n) is 7.83. The molecule has 0 radical (unpaired) electrons. The van der Waals surface area contributed by atoms with Gasteiger partial charge in [-0.3, -0.25) is 5.32 Å². The summed E-state index contributed by atoms with van der Waals surface area (Å²) in [5.41, 5.74) is 11.4. The van der Waals surface area contributed by atoms with Crippen LogP contribution in [0.25, 0.3) is 38.6 Å². The van der Waals surface area contributed by atoms with Gasteiger partial charge in [-0.25, -0.2) is 4.99 Å². The number of nitrogens with zero attached hydrogens (tertiary/aromatic N) is 1. The molecule has 2 aliphatic heterocycles. The third-order valence-corrected chi connectivity index (χ3v) is 11.7. The van der Waals surface area contributed by atoms with Crippen LogP contribution in [0.1, 0.15) is 47.2 Å². The molecule has 6 aromatic rings. The Bertz CT molecular complexity index is 2430. The first kappa shape index (κ1) is 29.5. The molecule has 10 rings (SSSR count). The second-order valence-corrected chi connectivity index (χ2v) is 14.6. The zero-order valence-electron chi connectivity index (χ0n) is 27.4. The van der Waals surface area contributed by atoms with E-state index in [0.717, 1.165) is 51.7 Å². The minimum atomic E-state index is -0.272. The van der Waals surface area contributed by atoms with Crippen LogP contribution in [0.3, 0.4) is 0 Å². The molecule has 4 aliphatic rings. The van der Waals surface area contributed by atoms with Crippen LogP contribution in [0.15, 0.2) is 172 Å². The van der Waals surface area contributed by atoms with Gasteiger partial charge < -0.3 is 9.73 Å². The minimum absolute atomic E-state index is 0.117. The lowest BCUT2D eigenvalue weighted by atomic mass is 9.89. The first-order chi connectivity index (χ1) is 24.7. The van der Waals surface area contributed by atoms with Crippen molar-refractivity contribution in [1.29, 1.82) is 0 Å². The van der Waals surface area contributed by atoms with E-state index in [1.165, 1.54) is 38.3 Å². The third kappa shape index (κ3) is 5.17. The van der Waals surface area contributed by atoms with Crippen molar-refractivity contribution < 1.29 is 4.42 Å². The maximum absolute atomic E-state index is 6.52. The molecule has 0 fully saturated rings. The van der Waals surface area contributed by atoms with Crippen molar-refractivity contribution in [3.8, 4) is 11.1 Å². The standard InChI is InChI=1S/C45H35N3OS/c1-3-10-28(11-4-1)29-18-20-31(21-19-29)43-46-44(48-45(47-43)33-22-24-36-35-14-7-8-17-40(35)50-41(36)27-33)32-23-25-37-39(26-32)49-38-16-9-15-34(42(37)38)30-12-5-2-6-13-30/h2-3,5-27,36,41,44-45,48H,1,4H2,(H,46,47). The number of aliphatic imine (C=N–C) groups is 1. The normalized spacial score (nSPS) is 22.4. The Hall–Kier alpha value is -5.36. The van der Waals surface area contributed by atoms with Crippen LogP contribution in [0.2, 0.25) is 0 Å². The molecule has 3 heterocycles. The second-order valence-electron chi connectivity index (χ2n) is 13.4. The molecule has 5 heteroatoms. The van der Waals surface area contributed by atoms with Crippen LogP contribution in [0.5, 0.6) is 0 Å². The number of hydrogen-bond donors (Lipinski definition) is 2. The summed E-state index contributed by atoms with van der Waals surface area (Å²) in [7, 11) is 0. The number of rotatable bonds is 5. The highest BCUT2D eigenvalue weighted by atomic mass is 32.2. The molecular weight excluding hydrogens is 631 g/mol. The number of amidine groups is 1. The van der Waals surface area contributed by atoms with Gasteiger partial charge in [0.05, 0.1) is 0 Å². The molecule has 0 saturated heterocycles. The Labute approximate surface area is 296 Å². The molecule has 0 amide bonds. The first-order valence-corrected chi connectivity index (χ1v) is 18.4. The summed E-state index contributed by atoms with van der Waals surface area (Å²) < 4.78 is 6.52. The molecule has 4 nitrogen and oxygen atoms in total. The summed E-state index contributed by atoms with van der Waals surface area (Å²) in [4.78, 5) is 6.68. The molecule has 2 aliphatic carbocycles. The summed E-state index contributed by atoms with van der Waals surface area (Å²) in [6.07, 6.45) is 15.8. The van der Waals surface area contributed by atoms with Crippen molar-refractivity contribution in [2.75, 3.05) is 0 Å².